The molecule has 0 saturated carbocycles. The number of nitrogens with one attached hydrogen (secondary N) is 1. The molecule has 0 aliphatic carbocycles. The van der Waals surface area contributed by atoms with Gasteiger partial charge in [0.2, 0.25) is 0 Å². The second-order valence-corrected chi connectivity index (χ2v) is 5.41. The van der Waals surface area contributed by atoms with Gasteiger partial charge < -0.3 is 4.74 Å². The predicted molar refractivity (Wildman–Crippen MR) is 88.6 cm³/mol. The Morgan fingerprint density at radius 3 is 2.61 bits per heavy atom. The van der Waals surface area contributed by atoms with Crippen LogP contribution in [0.3, 0.4) is 0 Å². The number of halogens is 1. The maximum atomic E-state index is 12.6. The number of methoxy groups -OCH3 is 1. The van der Waals surface area contributed by atoms with Crippen molar-refractivity contribution in [1.29, 1.82) is 0 Å². The van der Waals surface area contributed by atoms with Crippen LogP contribution in [-0.2, 0) is 0 Å². The highest BCUT2D eigenvalue weighted by Crippen LogP contribution is 2.22. The first-order valence-corrected chi connectivity index (χ1v) is 7.24. The summed E-state index contributed by atoms with van der Waals surface area (Å²) in [7, 11) is 1.60. The van der Waals surface area contributed by atoms with E-state index >= 15 is 0 Å². The summed E-state index contributed by atoms with van der Waals surface area (Å²) in [6.45, 7) is 0. The summed E-state index contributed by atoms with van der Waals surface area (Å²) >= 11 is 5.89. The lowest BCUT2D eigenvalue weighted by Crippen LogP contribution is -2.14. The molecule has 0 fully saturated rings. The molecular weight excluding hydrogens is 316 g/mol. The maximum Gasteiger partial charge on any atom is 0.280 e. The standard InChI is InChI=1S/C16H11ClN4O2/c1-23-10-4-2-9(3-5-10)21-16(22)12-8-18-13-6-14(17)19-7-11(13)15(12)20-21/h2-8,20H,1H3. The van der Waals surface area contributed by atoms with E-state index in [-0.39, 0.29) is 5.56 Å². The Morgan fingerprint density at radius 2 is 1.87 bits per heavy atom. The summed E-state index contributed by atoms with van der Waals surface area (Å²) in [6, 6.07) is 8.87. The number of fused-ring (bicyclic) bond motifs is 3. The Bertz CT molecular complexity index is 1080. The molecule has 3 aromatic heterocycles. The first-order chi connectivity index (χ1) is 11.2. The van der Waals surface area contributed by atoms with Crippen molar-refractivity contribution in [2.45, 2.75) is 0 Å². The Labute approximate surface area is 135 Å². The molecule has 0 radical (unpaired) electrons. The molecule has 0 aliphatic heterocycles. The summed E-state index contributed by atoms with van der Waals surface area (Å²) < 4.78 is 6.61. The van der Waals surface area contributed by atoms with Crippen LogP contribution < -0.4 is 10.3 Å². The third kappa shape index (κ3) is 2.15. The molecule has 7 heteroatoms. The van der Waals surface area contributed by atoms with Gasteiger partial charge in [-0.15, -0.1) is 0 Å². The van der Waals surface area contributed by atoms with Crippen molar-refractivity contribution in [2.24, 2.45) is 0 Å². The number of rotatable bonds is 2. The molecular formula is C16H11ClN4O2. The number of nitrogens with zero attached hydrogens (tertiary/aromatic N) is 3. The lowest BCUT2D eigenvalue weighted by Gasteiger charge is -2.03. The fourth-order valence-corrected chi connectivity index (χ4v) is 2.69. The molecule has 0 spiro atoms. The van der Waals surface area contributed by atoms with Gasteiger partial charge in [0.1, 0.15) is 10.9 Å². The molecule has 114 valence electrons. The third-order valence-electron chi connectivity index (χ3n) is 3.71. The van der Waals surface area contributed by atoms with Crippen molar-refractivity contribution in [2.75, 3.05) is 7.11 Å². The SMILES string of the molecule is COc1ccc(-n2[nH]c3c(cnc4cc(Cl)ncc43)c2=O)cc1. The van der Waals surface area contributed by atoms with E-state index in [2.05, 4.69) is 15.1 Å². The van der Waals surface area contributed by atoms with E-state index in [0.717, 1.165) is 11.1 Å². The molecule has 4 aromatic rings. The van der Waals surface area contributed by atoms with E-state index in [0.29, 0.717) is 27.3 Å². The number of hydrogen-bond acceptors (Lipinski definition) is 4. The van der Waals surface area contributed by atoms with E-state index in [4.69, 9.17) is 16.3 Å². The molecule has 23 heavy (non-hydrogen) atoms. The molecule has 0 atom stereocenters. The zero-order valence-electron chi connectivity index (χ0n) is 12.1. The van der Waals surface area contributed by atoms with Crippen LogP contribution >= 0.6 is 11.6 Å². The Balaban J connectivity index is 1.99. The minimum absolute atomic E-state index is 0.172. The number of aromatic nitrogens is 4. The van der Waals surface area contributed by atoms with Crippen molar-refractivity contribution in [3.8, 4) is 11.4 Å². The number of H-pyrrole nitrogens is 1. The van der Waals surface area contributed by atoms with Crippen LogP contribution in [0.2, 0.25) is 5.15 Å². The highest BCUT2D eigenvalue weighted by Gasteiger charge is 2.12. The number of benzene rings is 1. The smallest absolute Gasteiger partial charge is 0.280 e. The average molecular weight is 327 g/mol. The van der Waals surface area contributed by atoms with E-state index in [1.165, 1.54) is 4.68 Å². The molecule has 0 bridgehead atoms. The van der Waals surface area contributed by atoms with Gasteiger partial charge in [-0.3, -0.25) is 14.9 Å². The molecule has 1 aromatic carbocycles. The van der Waals surface area contributed by atoms with Crippen LogP contribution in [0.25, 0.3) is 27.5 Å². The quantitative estimate of drug-likeness (QED) is 0.575. The van der Waals surface area contributed by atoms with Gasteiger partial charge in [0.25, 0.3) is 5.56 Å². The summed E-state index contributed by atoms with van der Waals surface area (Å²) in [5, 5.41) is 4.73. The van der Waals surface area contributed by atoms with Gasteiger partial charge in [-0.2, -0.15) is 0 Å². The highest BCUT2D eigenvalue weighted by molar-refractivity contribution is 6.30. The van der Waals surface area contributed by atoms with Gasteiger partial charge in [0.15, 0.2) is 0 Å². The van der Waals surface area contributed by atoms with Crippen molar-refractivity contribution in [3.05, 3.63) is 58.2 Å². The van der Waals surface area contributed by atoms with E-state index in [1.807, 2.05) is 0 Å². The maximum absolute atomic E-state index is 12.6. The van der Waals surface area contributed by atoms with Gasteiger partial charge in [0.05, 0.1) is 29.2 Å². The number of hydrogen-bond donors (Lipinski definition) is 1. The van der Waals surface area contributed by atoms with Gasteiger partial charge in [0, 0.05) is 23.8 Å². The zero-order valence-corrected chi connectivity index (χ0v) is 12.8. The highest BCUT2D eigenvalue weighted by atomic mass is 35.5. The first-order valence-electron chi connectivity index (χ1n) is 6.87. The molecule has 4 rings (SSSR count). The topological polar surface area (TPSA) is 72.8 Å². The second-order valence-electron chi connectivity index (χ2n) is 5.02. The van der Waals surface area contributed by atoms with E-state index in [1.54, 1.807) is 49.8 Å². The number of ether oxygens (including phenoxy) is 1. The van der Waals surface area contributed by atoms with Crippen LogP contribution in [0.4, 0.5) is 0 Å². The Hall–Kier alpha value is -2.86. The average Bonchev–Trinajstić information content (AvgIpc) is 2.92. The van der Waals surface area contributed by atoms with E-state index in [9.17, 15) is 4.79 Å². The number of aromatic amines is 1. The van der Waals surface area contributed by atoms with Gasteiger partial charge in [-0.1, -0.05) is 11.6 Å². The number of pyridine rings is 2. The summed E-state index contributed by atoms with van der Waals surface area (Å²) in [6.07, 6.45) is 3.16. The summed E-state index contributed by atoms with van der Waals surface area (Å²) in [5.74, 6) is 0.726. The predicted octanol–water partition coefficient (Wildman–Crippen LogP) is 2.92. The van der Waals surface area contributed by atoms with Crippen LogP contribution in [0.5, 0.6) is 5.75 Å². The minimum atomic E-state index is -0.172. The second kappa shape index (κ2) is 5.10. The van der Waals surface area contributed by atoms with Crippen LogP contribution in [0.1, 0.15) is 0 Å². The Kier molecular flexibility index (Phi) is 3.06. The first kappa shape index (κ1) is 13.8. The normalized spacial score (nSPS) is 11.2. The molecule has 1 N–H and O–H groups in total. The fraction of sp³-hybridized carbons (Fsp3) is 0.0625. The summed E-state index contributed by atoms with van der Waals surface area (Å²) in [4.78, 5) is 21.0. The molecule has 3 heterocycles. The van der Waals surface area contributed by atoms with Crippen LogP contribution in [-0.4, -0.2) is 26.9 Å². The van der Waals surface area contributed by atoms with Crippen LogP contribution in [0, 0.1) is 0 Å². The lowest BCUT2D eigenvalue weighted by molar-refractivity contribution is 0.414. The lowest BCUT2D eigenvalue weighted by atomic mass is 10.2. The largest absolute Gasteiger partial charge is 0.497 e. The van der Waals surface area contributed by atoms with Crippen LogP contribution in [0.15, 0.2) is 47.5 Å². The Morgan fingerprint density at radius 1 is 1.13 bits per heavy atom. The zero-order chi connectivity index (χ0) is 16.0. The molecule has 0 aliphatic rings. The van der Waals surface area contributed by atoms with Crippen molar-refractivity contribution >= 4 is 33.4 Å². The van der Waals surface area contributed by atoms with Gasteiger partial charge in [-0.05, 0) is 24.3 Å². The molecule has 0 unspecified atom stereocenters. The van der Waals surface area contributed by atoms with Gasteiger partial charge in [-0.25, -0.2) is 9.67 Å². The van der Waals surface area contributed by atoms with Crippen molar-refractivity contribution < 1.29 is 4.74 Å². The van der Waals surface area contributed by atoms with Crippen molar-refractivity contribution in [3.63, 3.8) is 0 Å². The molecule has 0 saturated heterocycles. The molecule has 0 amide bonds. The van der Waals surface area contributed by atoms with Gasteiger partial charge >= 0.3 is 0 Å². The third-order valence-corrected chi connectivity index (χ3v) is 3.91. The fourth-order valence-electron chi connectivity index (χ4n) is 2.54. The van der Waals surface area contributed by atoms with E-state index < -0.39 is 0 Å². The monoisotopic (exact) mass is 326 g/mol. The molecule has 6 nitrogen and oxygen atoms in total. The minimum Gasteiger partial charge on any atom is -0.497 e. The van der Waals surface area contributed by atoms with Crippen molar-refractivity contribution in [1.82, 2.24) is 19.7 Å². The summed E-state index contributed by atoms with van der Waals surface area (Å²) in [5.41, 5.74) is 1.90.